The first-order chi connectivity index (χ1) is 11.2. The largest absolute Gasteiger partial charge is 0.468 e. The number of benzene rings is 2. The summed E-state index contributed by atoms with van der Waals surface area (Å²) in [6.45, 7) is 0.866. The molecule has 120 valence electrons. The molecule has 0 aromatic heterocycles. The van der Waals surface area contributed by atoms with E-state index in [0.717, 1.165) is 35.7 Å². The molecule has 1 atom stereocenters. The van der Waals surface area contributed by atoms with Gasteiger partial charge < -0.3 is 4.74 Å². The van der Waals surface area contributed by atoms with Crippen molar-refractivity contribution in [1.29, 1.82) is 0 Å². The van der Waals surface area contributed by atoms with Crippen LogP contribution in [0.4, 0.5) is 4.39 Å². The zero-order valence-electron chi connectivity index (χ0n) is 13.2. The summed E-state index contributed by atoms with van der Waals surface area (Å²) in [7, 11) is 1.38. The molecule has 1 aliphatic rings. The van der Waals surface area contributed by atoms with Crippen LogP contribution in [-0.2, 0) is 9.53 Å². The average Bonchev–Trinajstić information content (AvgIpc) is 3.02. The highest BCUT2D eigenvalue weighted by Crippen LogP contribution is 2.22. The van der Waals surface area contributed by atoms with Gasteiger partial charge in [0.05, 0.1) is 13.7 Å². The Morgan fingerprint density at radius 3 is 2.87 bits per heavy atom. The Morgan fingerprint density at radius 2 is 2.09 bits per heavy atom. The van der Waals surface area contributed by atoms with Crippen LogP contribution in [0.25, 0.3) is 16.8 Å². The number of hydrogen-bond acceptors (Lipinski definition) is 3. The first kappa shape index (κ1) is 15.7. The molecule has 1 fully saturated rings. The van der Waals surface area contributed by atoms with Crippen LogP contribution < -0.4 is 0 Å². The van der Waals surface area contributed by atoms with Crippen molar-refractivity contribution in [2.24, 2.45) is 0 Å². The Kier molecular flexibility index (Phi) is 4.72. The third kappa shape index (κ3) is 3.59. The maximum Gasteiger partial charge on any atom is 0.323 e. The van der Waals surface area contributed by atoms with Gasteiger partial charge in [0.1, 0.15) is 11.9 Å². The minimum atomic E-state index is -0.323. The van der Waals surface area contributed by atoms with Gasteiger partial charge in [-0.15, -0.1) is 0 Å². The summed E-state index contributed by atoms with van der Waals surface area (Å²) >= 11 is 0. The van der Waals surface area contributed by atoms with Crippen LogP contribution in [0.1, 0.15) is 18.4 Å². The van der Waals surface area contributed by atoms with E-state index in [2.05, 4.69) is 0 Å². The molecular weight excluding hydrogens is 293 g/mol. The smallest absolute Gasteiger partial charge is 0.323 e. The van der Waals surface area contributed by atoms with E-state index in [1.54, 1.807) is 6.08 Å². The summed E-state index contributed by atoms with van der Waals surface area (Å²) in [5.74, 6) is -0.517. The molecule has 0 saturated carbocycles. The van der Waals surface area contributed by atoms with Gasteiger partial charge in [-0.2, -0.15) is 0 Å². The molecule has 3 nitrogen and oxygen atoms in total. The third-order valence-corrected chi connectivity index (χ3v) is 4.29. The SMILES string of the molecule is COC(=O)[C@@H]1CCCN1C/C(F)=C/c1ccc2ccccc2c1. The molecule has 1 saturated heterocycles. The van der Waals surface area contributed by atoms with E-state index < -0.39 is 0 Å². The normalized spacial score (nSPS) is 19.2. The van der Waals surface area contributed by atoms with Gasteiger partial charge in [0.25, 0.3) is 0 Å². The van der Waals surface area contributed by atoms with E-state index in [0.29, 0.717) is 0 Å². The van der Waals surface area contributed by atoms with Crippen LogP contribution in [0.5, 0.6) is 0 Å². The van der Waals surface area contributed by atoms with Crippen LogP contribution >= 0.6 is 0 Å². The van der Waals surface area contributed by atoms with Gasteiger partial charge in [-0.1, -0.05) is 36.4 Å². The highest BCUT2D eigenvalue weighted by atomic mass is 19.1. The number of carbonyl (C=O) groups excluding carboxylic acids is 1. The summed E-state index contributed by atoms with van der Waals surface area (Å²) in [6.07, 6.45) is 3.16. The summed E-state index contributed by atoms with van der Waals surface area (Å²) in [4.78, 5) is 13.6. The number of nitrogens with zero attached hydrogens (tertiary/aromatic N) is 1. The van der Waals surface area contributed by atoms with Crippen LogP contribution in [0.3, 0.4) is 0 Å². The van der Waals surface area contributed by atoms with E-state index in [9.17, 15) is 9.18 Å². The second-order valence-corrected chi connectivity index (χ2v) is 5.85. The van der Waals surface area contributed by atoms with Crippen molar-refractivity contribution in [3.63, 3.8) is 0 Å². The summed E-state index contributed by atoms with van der Waals surface area (Å²) in [5.41, 5.74) is 0.829. The molecule has 0 bridgehead atoms. The van der Waals surface area contributed by atoms with Gasteiger partial charge >= 0.3 is 5.97 Å². The van der Waals surface area contributed by atoms with Gasteiger partial charge in [0.15, 0.2) is 0 Å². The van der Waals surface area contributed by atoms with Crippen molar-refractivity contribution in [3.8, 4) is 0 Å². The first-order valence-corrected chi connectivity index (χ1v) is 7.84. The fourth-order valence-electron chi connectivity index (χ4n) is 3.14. The molecule has 23 heavy (non-hydrogen) atoms. The number of methoxy groups -OCH3 is 1. The molecule has 0 N–H and O–H groups in total. The lowest BCUT2D eigenvalue weighted by Gasteiger charge is -2.21. The summed E-state index contributed by atoms with van der Waals surface area (Å²) < 4.78 is 19.1. The highest BCUT2D eigenvalue weighted by molar-refractivity contribution is 5.84. The fraction of sp³-hybridized carbons (Fsp3) is 0.316. The Labute approximate surface area is 135 Å². The molecule has 0 radical (unpaired) electrons. The molecule has 3 rings (SSSR count). The van der Waals surface area contributed by atoms with E-state index in [4.69, 9.17) is 4.74 Å². The maximum absolute atomic E-state index is 14.3. The molecule has 2 aromatic carbocycles. The molecule has 0 amide bonds. The molecule has 1 heterocycles. The van der Waals surface area contributed by atoms with E-state index in [1.165, 1.54) is 7.11 Å². The van der Waals surface area contributed by atoms with Crippen molar-refractivity contribution in [1.82, 2.24) is 4.90 Å². The van der Waals surface area contributed by atoms with Crippen molar-refractivity contribution < 1.29 is 13.9 Å². The van der Waals surface area contributed by atoms with E-state index in [-0.39, 0.29) is 24.4 Å². The predicted octanol–water partition coefficient (Wildman–Crippen LogP) is 3.79. The Hall–Kier alpha value is -2.20. The lowest BCUT2D eigenvalue weighted by Crippen LogP contribution is -2.37. The topological polar surface area (TPSA) is 29.5 Å². The number of halogens is 1. The maximum atomic E-state index is 14.3. The van der Waals surface area contributed by atoms with Crippen molar-refractivity contribution in [2.75, 3.05) is 20.2 Å². The minimum absolute atomic E-state index is 0.145. The second-order valence-electron chi connectivity index (χ2n) is 5.85. The van der Waals surface area contributed by atoms with E-state index in [1.807, 2.05) is 47.4 Å². The number of esters is 1. The molecule has 4 heteroatoms. The van der Waals surface area contributed by atoms with Crippen LogP contribution in [0, 0.1) is 0 Å². The highest BCUT2D eigenvalue weighted by Gasteiger charge is 2.31. The molecule has 0 aliphatic carbocycles. The van der Waals surface area contributed by atoms with Gasteiger partial charge in [0, 0.05) is 0 Å². The number of likely N-dealkylation sites (tertiary alicyclic amines) is 1. The van der Waals surface area contributed by atoms with Crippen molar-refractivity contribution in [3.05, 3.63) is 53.9 Å². The lowest BCUT2D eigenvalue weighted by atomic mass is 10.1. The van der Waals surface area contributed by atoms with Crippen LogP contribution in [0.2, 0.25) is 0 Å². The van der Waals surface area contributed by atoms with Crippen molar-refractivity contribution in [2.45, 2.75) is 18.9 Å². The molecule has 0 spiro atoms. The number of carbonyl (C=O) groups is 1. The zero-order valence-corrected chi connectivity index (χ0v) is 13.2. The van der Waals surface area contributed by atoms with Gasteiger partial charge in [-0.25, -0.2) is 4.39 Å². The second kappa shape index (κ2) is 6.92. The number of ether oxygens (including phenoxy) is 1. The molecule has 0 unspecified atom stereocenters. The monoisotopic (exact) mass is 313 g/mol. The van der Waals surface area contributed by atoms with Gasteiger partial charge in [0.2, 0.25) is 0 Å². The standard InChI is InChI=1S/C19H20FNO2/c1-23-19(22)18-7-4-10-21(18)13-17(20)12-14-8-9-15-5-2-3-6-16(15)11-14/h2-3,5-6,8-9,11-12,18H,4,7,10,13H2,1H3/b17-12-/t18-/m0/s1. The number of fused-ring (bicyclic) bond motifs is 1. The summed E-state index contributed by atoms with van der Waals surface area (Å²) in [6, 6.07) is 13.5. The third-order valence-electron chi connectivity index (χ3n) is 4.29. The fourth-order valence-corrected chi connectivity index (χ4v) is 3.14. The lowest BCUT2D eigenvalue weighted by molar-refractivity contribution is -0.145. The minimum Gasteiger partial charge on any atom is -0.468 e. The van der Waals surface area contributed by atoms with Gasteiger partial charge in [-0.3, -0.25) is 9.69 Å². The van der Waals surface area contributed by atoms with Crippen LogP contribution in [-0.4, -0.2) is 37.1 Å². The summed E-state index contributed by atoms with van der Waals surface area (Å²) in [5, 5.41) is 2.22. The Bertz CT molecular complexity index is 741. The molecule has 2 aromatic rings. The molecular formula is C19H20FNO2. The number of hydrogen-bond donors (Lipinski definition) is 0. The Balaban J connectivity index is 1.74. The molecule has 1 aliphatic heterocycles. The first-order valence-electron chi connectivity index (χ1n) is 7.84. The van der Waals surface area contributed by atoms with Gasteiger partial charge in [-0.05, 0) is 47.9 Å². The van der Waals surface area contributed by atoms with Crippen LogP contribution in [0.15, 0.2) is 48.3 Å². The Morgan fingerprint density at radius 1 is 1.30 bits per heavy atom. The quantitative estimate of drug-likeness (QED) is 0.804. The zero-order chi connectivity index (χ0) is 16.2. The van der Waals surface area contributed by atoms with E-state index >= 15 is 0 Å². The average molecular weight is 313 g/mol. The van der Waals surface area contributed by atoms with Crippen molar-refractivity contribution >= 4 is 22.8 Å². The predicted molar refractivity (Wildman–Crippen MR) is 89.6 cm³/mol. The number of rotatable bonds is 4.